The van der Waals surface area contributed by atoms with Gasteiger partial charge in [0, 0.05) is 6.42 Å². The van der Waals surface area contributed by atoms with E-state index in [4.69, 9.17) is 10.2 Å². The van der Waals surface area contributed by atoms with Crippen molar-refractivity contribution >= 4 is 5.97 Å². The molecule has 0 spiro atoms. The normalized spacial score (nSPS) is 12.8. The number of nitrogens with zero attached hydrogens (tertiary/aromatic N) is 2. The minimum absolute atomic E-state index is 0.235. The summed E-state index contributed by atoms with van der Waals surface area (Å²) in [6.07, 6.45) is 0.536. The minimum Gasteiger partial charge on any atom is -0.481 e. The van der Waals surface area contributed by atoms with Crippen molar-refractivity contribution < 1.29 is 15.0 Å². The van der Waals surface area contributed by atoms with Crippen molar-refractivity contribution in [3.8, 4) is 0 Å². The van der Waals surface area contributed by atoms with Gasteiger partial charge in [-0.05, 0) is 0 Å². The second kappa shape index (κ2) is 3.82. The molecular formula is C6H9N3O3. The van der Waals surface area contributed by atoms with Gasteiger partial charge in [0.15, 0.2) is 0 Å². The Kier molecular flexibility index (Phi) is 2.76. The number of aliphatic hydroxyl groups excluding tert-OH is 1. The average Bonchev–Trinajstić information content (AvgIpc) is 2.37. The largest absolute Gasteiger partial charge is 0.481 e. The van der Waals surface area contributed by atoms with Crippen LogP contribution in [-0.2, 0) is 11.2 Å². The molecule has 1 aromatic heterocycles. The maximum Gasteiger partial charge on any atom is 0.305 e. The van der Waals surface area contributed by atoms with Crippen LogP contribution in [0, 0.1) is 0 Å². The Morgan fingerprint density at radius 1 is 1.75 bits per heavy atom. The first kappa shape index (κ1) is 8.66. The molecule has 0 aliphatic carbocycles. The third kappa shape index (κ3) is 2.67. The monoisotopic (exact) mass is 171 g/mol. The third-order valence-corrected chi connectivity index (χ3v) is 1.33. The van der Waals surface area contributed by atoms with Crippen LogP contribution in [0.25, 0.3) is 0 Å². The summed E-state index contributed by atoms with van der Waals surface area (Å²) in [7, 11) is 0. The van der Waals surface area contributed by atoms with Crippen LogP contribution in [0.2, 0.25) is 0 Å². The van der Waals surface area contributed by atoms with Crippen LogP contribution in [0.3, 0.4) is 0 Å². The molecule has 0 aliphatic heterocycles. The Hall–Kier alpha value is -1.43. The molecule has 0 saturated heterocycles. The summed E-state index contributed by atoms with van der Waals surface area (Å²) < 4.78 is 0. The number of hydrogen-bond acceptors (Lipinski definition) is 4. The third-order valence-electron chi connectivity index (χ3n) is 1.33. The summed E-state index contributed by atoms with van der Waals surface area (Å²) >= 11 is 0. The van der Waals surface area contributed by atoms with Gasteiger partial charge in [0.25, 0.3) is 0 Å². The Balaban J connectivity index is 2.36. The number of aromatic nitrogens is 3. The first-order chi connectivity index (χ1) is 5.68. The number of carbonyl (C=O) groups is 1. The van der Waals surface area contributed by atoms with Gasteiger partial charge in [-0.1, -0.05) is 5.21 Å². The predicted octanol–water partition coefficient (Wildman–Crippen LogP) is -0.817. The van der Waals surface area contributed by atoms with E-state index in [2.05, 4.69) is 15.4 Å². The fourth-order valence-electron chi connectivity index (χ4n) is 0.846. The van der Waals surface area contributed by atoms with Crippen LogP contribution in [0.1, 0.15) is 12.1 Å². The van der Waals surface area contributed by atoms with Crippen molar-refractivity contribution in [3.05, 3.63) is 11.9 Å². The summed E-state index contributed by atoms with van der Waals surface area (Å²) in [5, 5.41) is 26.9. The Bertz CT molecular complexity index is 247. The zero-order chi connectivity index (χ0) is 8.97. The van der Waals surface area contributed by atoms with E-state index in [1.165, 1.54) is 6.20 Å². The second-order valence-electron chi connectivity index (χ2n) is 2.44. The van der Waals surface area contributed by atoms with Gasteiger partial charge in [0.05, 0.1) is 24.4 Å². The summed E-state index contributed by atoms with van der Waals surface area (Å²) in [6.45, 7) is 0. The molecule has 12 heavy (non-hydrogen) atoms. The highest BCUT2D eigenvalue weighted by molar-refractivity contribution is 5.67. The van der Waals surface area contributed by atoms with Crippen molar-refractivity contribution in [1.29, 1.82) is 0 Å². The predicted molar refractivity (Wildman–Crippen MR) is 38.3 cm³/mol. The van der Waals surface area contributed by atoms with Gasteiger partial charge in [-0.25, -0.2) is 0 Å². The first-order valence-electron chi connectivity index (χ1n) is 3.43. The van der Waals surface area contributed by atoms with E-state index < -0.39 is 12.1 Å². The maximum absolute atomic E-state index is 10.1. The number of hydrogen-bond donors (Lipinski definition) is 3. The fraction of sp³-hybridized carbons (Fsp3) is 0.500. The van der Waals surface area contributed by atoms with E-state index in [1.807, 2.05) is 0 Å². The molecule has 0 fully saturated rings. The number of aliphatic carboxylic acids is 1. The van der Waals surface area contributed by atoms with Gasteiger partial charge in [-0.15, -0.1) is 5.10 Å². The Morgan fingerprint density at radius 3 is 3.00 bits per heavy atom. The molecule has 0 aliphatic rings. The van der Waals surface area contributed by atoms with E-state index >= 15 is 0 Å². The van der Waals surface area contributed by atoms with Gasteiger partial charge in [0.1, 0.15) is 0 Å². The topological polar surface area (TPSA) is 99.1 Å². The zero-order valence-electron chi connectivity index (χ0n) is 6.27. The van der Waals surface area contributed by atoms with Gasteiger partial charge < -0.3 is 10.2 Å². The molecule has 1 rings (SSSR count). The van der Waals surface area contributed by atoms with Crippen molar-refractivity contribution in [1.82, 2.24) is 15.4 Å². The van der Waals surface area contributed by atoms with Gasteiger partial charge >= 0.3 is 5.97 Å². The molecular weight excluding hydrogens is 162 g/mol. The van der Waals surface area contributed by atoms with Crippen LogP contribution in [0.5, 0.6) is 0 Å². The van der Waals surface area contributed by atoms with Crippen molar-refractivity contribution in [2.24, 2.45) is 0 Å². The number of aliphatic hydroxyl groups is 1. The lowest BCUT2D eigenvalue weighted by Crippen LogP contribution is -2.15. The van der Waals surface area contributed by atoms with Gasteiger partial charge in [-0.3, -0.25) is 9.89 Å². The van der Waals surface area contributed by atoms with Crippen molar-refractivity contribution in [2.45, 2.75) is 18.9 Å². The van der Waals surface area contributed by atoms with E-state index in [-0.39, 0.29) is 12.8 Å². The SMILES string of the molecule is O=C(O)CC(O)Cc1cnn[nH]1. The van der Waals surface area contributed by atoms with Crippen LogP contribution >= 0.6 is 0 Å². The van der Waals surface area contributed by atoms with E-state index in [1.54, 1.807) is 0 Å². The number of H-pyrrole nitrogens is 1. The fourth-order valence-corrected chi connectivity index (χ4v) is 0.846. The standard InChI is InChI=1S/C6H9N3O3/c10-5(2-6(11)12)1-4-3-7-9-8-4/h3,5,10H,1-2H2,(H,11,12)(H,7,8,9). The Morgan fingerprint density at radius 2 is 2.50 bits per heavy atom. The molecule has 0 radical (unpaired) electrons. The molecule has 1 heterocycles. The van der Waals surface area contributed by atoms with Crippen LogP contribution in [0.4, 0.5) is 0 Å². The van der Waals surface area contributed by atoms with Crippen molar-refractivity contribution in [3.63, 3.8) is 0 Å². The molecule has 0 bridgehead atoms. The molecule has 0 aromatic carbocycles. The lowest BCUT2D eigenvalue weighted by Gasteiger charge is -2.03. The molecule has 0 saturated carbocycles. The number of nitrogens with one attached hydrogen (secondary N) is 1. The highest BCUT2D eigenvalue weighted by atomic mass is 16.4. The van der Waals surface area contributed by atoms with E-state index in [0.717, 1.165) is 0 Å². The van der Waals surface area contributed by atoms with E-state index in [0.29, 0.717) is 5.69 Å². The lowest BCUT2D eigenvalue weighted by molar-refractivity contribution is -0.139. The van der Waals surface area contributed by atoms with Crippen LogP contribution in [-0.4, -0.2) is 37.7 Å². The highest BCUT2D eigenvalue weighted by Crippen LogP contribution is 2.00. The highest BCUT2D eigenvalue weighted by Gasteiger charge is 2.10. The number of rotatable bonds is 4. The summed E-state index contributed by atoms with van der Waals surface area (Å²) in [5.74, 6) is -1.02. The minimum atomic E-state index is -1.02. The summed E-state index contributed by atoms with van der Waals surface area (Å²) in [5.41, 5.74) is 0.628. The molecule has 6 nitrogen and oxygen atoms in total. The first-order valence-corrected chi connectivity index (χ1v) is 3.43. The lowest BCUT2D eigenvalue weighted by atomic mass is 10.1. The molecule has 66 valence electrons. The molecule has 1 unspecified atom stereocenters. The van der Waals surface area contributed by atoms with E-state index in [9.17, 15) is 4.79 Å². The average molecular weight is 171 g/mol. The number of carboxylic acid groups (broad SMARTS) is 1. The maximum atomic E-state index is 10.1. The smallest absolute Gasteiger partial charge is 0.305 e. The molecule has 6 heteroatoms. The molecule has 3 N–H and O–H groups in total. The second-order valence-corrected chi connectivity index (χ2v) is 2.44. The van der Waals surface area contributed by atoms with Crippen LogP contribution < -0.4 is 0 Å². The summed E-state index contributed by atoms with van der Waals surface area (Å²) in [4.78, 5) is 10.1. The Labute approximate surface area is 68.2 Å². The van der Waals surface area contributed by atoms with Crippen LogP contribution in [0.15, 0.2) is 6.20 Å². The zero-order valence-corrected chi connectivity index (χ0v) is 6.27. The quantitative estimate of drug-likeness (QED) is 0.549. The number of carboxylic acids is 1. The molecule has 1 aromatic rings. The van der Waals surface area contributed by atoms with Gasteiger partial charge in [0.2, 0.25) is 0 Å². The molecule has 1 atom stereocenters. The molecule has 0 amide bonds. The van der Waals surface area contributed by atoms with Gasteiger partial charge in [-0.2, -0.15) is 0 Å². The number of aromatic amines is 1. The van der Waals surface area contributed by atoms with Crippen molar-refractivity contribution in [2.75, 3.05) is 0 Å². The summed E-state index contributed by atoms with van der Waals surface area (Å²) in [6, 6.07) is 0.